The highest BCUT2D eigenvalue weighted by Gasteiger charge is 2.32. The number of sulfonamides is 1. The maximum Gasteiger partial charge on any atom is 0.339 e. The molecule has 0 bridgehead atoms. The van der Waals surface area contributed by atoms with Crippen LogP contribution in [-0.4, -0.2) is 45.0 Å². The van der Waals surface area contributed by atoms with E-state index in [4.69, 9.17) is 9.15 Å². The van der Waals surface area contributed by atoms with Gasteiger partial charge in [0.1, 0.15) is 17.6 Å². The van der Waals surface area contributed by atoms with Crippen molar-refractivity contribution in [2.24, 2.45) is 0 Å². The van der Waals surface area contributed by atoms with Crippen molar-refractivity contribution >= 4 is 15.9 Å². The fourth-order valence-electron chi connectivity index (χ4n) is 3.22. The minimum Gasteiger partial charge on any atom is -0.486 e. The van der Waals surface area contributed by atoms with Crippen LogP contribution in [0.25, 0.3) is 0 Å². The summed E-state index contributed by atoms with van der Waals surface area (Å²) in [5.41, 5.74) is 0.498. The predicted octanol–water partition coefficient (Wildman–Crippen LogP) is 2.20. The molecule has 0 unspecified atom stereocenters. The van der Waals surface area contributed by atoms with E-state index < -0.39 is 15.6 Å². The van der Waals surface area contributed by atoms with Crippen molar-refractivity contribution < 1.29 is 22.4 Å². The minimum atomic E-state index is -3.68. The first-order chi connectivity index (χ1) is 14.4. The number of benzene rings is 1. The van der Waals surface area contributed by atoms with Crippen LogP contribution in [-0.2, 0) is 20.2 Å². The van der Waals surface area contributed by atoms with Gasteiger partial charge in [0.2, 0.25) is 15.9 Å². The molecule has 1 aliphatic heterocycles. The normalized spacial score (nSPS) is 14.9. The van der Waals surface area contributed by atoms with Gasteiger partial charge >= 0.3 is 5.63 Å². The molecule has 0 spiro atoms. The molecule has 168 valence electrons. The molecule has 1 aromatic carbocycles. The molecular weight excluding hydrogens is 420 g/mol. The molecule has 1 fully saturated rings. The van der Waals surface area contributed by atoms with Gasteiger partial charge in [-0.3, -0.25) is 4.79 Å². The summed E-state index contributed by atoms with van der Waals surface area (Å²) in [6.45, 7) is 8.63. The van der Waals surface area contributed by atoms with E-state index in [2.05, 4.69) is 25.5 Å². The molecule has 0 saturated carbocycles. The Morgan fingerprint density at radius 2 is 1.84 bits per heavy atom. The molecule has 0 radical (unpaired) electrons. The first-order valence-electron chi connectivity index (χ1n) is 10.1. The molecular formula is C22H28N2O6S. The number of likely N-dealkylation sites (tertiary alicyclic amines) is 1. The van der Waals surface area contributed by atoms with Gasteiger partial charge in [-0.05, 0) is 30.0 Å². The number of ether oxygens (including phenoxy) is 1. The van der Waals surface area contributed by atoms with Gasteiger partial charge in [0, 0.05) is 19.0 Å². The van der Waals surface area contributed by atoms with Crippen LogP contribution in [0.3, 0.4) is 0 Å². The molecule has 2 aromatic rings. The van der Waals surface area contributed by atoms with Crippen molar-refractivity contribution in [3.8, 4) is 5.75 Å². The molecule has 31 heavy (non-hydrogen) atoms. The molecule has 1 amide bonds. The lowest BCUT2D eigenvalue weighted by Gasteiger charge is -2.39. The van der Waals surface area contributed by atoms with Gasteiger partial charge in [0.25, 0.3) is 0 Å². The van der Waals surface area contributed by atoms with E-state index in [1.807, 2.05) is 0 Å². The lowest BCUT2D eigenvalue weighted by atomic mass is 9.87. The zero-order valence-corrected chi connectivity index (χ0v) is 19.0. The zero-order chi connectivity index (χ0) is 22.8. The van der Waals surface area contributed by atoms with Gasteiger partial charge in [-0.25, -0.2) is 17.9 Å². The highest BCUT2D eigenvalue weighted by Crippen LogP contribution is 2.23. The number of carbonyl (C=O) groups is 1. The lowest BCUT2D eigenvalue weighted by Crippen LogP contribution is -2.56. The zero-order valence-electron chi connectivity index (χ0n) is 18.2. The number of carbonyl (C=O) groups excluding carboxylic acids is 1. The number of hydrogen-bond acceptors (Lipinski definition) is 6. The number of amides is 1. The minimum absolute atomic E-state index is 0.0170. The first-order valence-corrected chi connectivity index (χ1v) is 11.6. The van der Waals surface area contributed by atoms with Crippen LogP contribution in [0.5, 0.6) is 5.75 Å². The maximum absolute atomic E-state index is 12.4. The Hall–Kier alpha value is -2.65. The average Bonchev–Trinajstić information content (AvgIpc) is 2.62. The lowest BCUT2D eigenvalue weighted by molar-refractivity contribution is -0.139. The second-order valence-corrected chi connectivity index (χ2v) is 10.5. The number of aryl methyl sites for hydroxylation is 1. The Bertz CT molecular complexity index is 1090. The van der Waals surface area contributed by atoms with E-state index in [0.717, 1.165) is 5.56 Å². The Labute approximate surface area is 182 Å². The standard InChI is InChI=1S/C22H28N2O6S/c1-15-11-17(12-21(26)29-15)30-18-13-24(14-18)20(25)9-10-23-31(27,28)19-7-5-16(6-8-19)22(2,3)4/h5-8,11-12,18,23H,9-10,13-14H2,1-4H3. The van der Waals surface area contributed by atoms with Gasteiger partial charge in [0.15, 0.2) is 0 Å². The molecule has 0 atom stereocenters. The molecule has 8 nitrogen and oxygen atoms in total. The Kier molecular flexibility index (Phi) is 6.56. The third kappa shape index (κ3) is 5.95. The third-order valence-electron chi connectivity index (χ3n) is 5.03. The smallest absolute Gasteiger partial charge is 0.339 e. The van der Waals surface area contributed by atoms with Gasteiger partial charge in [-0.2, -0.15) is 0 Å². The Balaban J connectivity index is 1.44. The van der Waals surface area contributed by atoms with Crippen molar-refractivity contribution in [1.29, 1.82) is 0 Å². The summed E-state index contributed by atoms with van der Waals surface area (Å²) in [5.74, 6) is 0.709. The van der Waals surface area contributed by atoms with Crippen molar-refractivity contribution in [2.45, 2.75) is 50.5 Å². The summed E-state index contributed by atoms with van der Waals surface area (Å²) >= 11 is 0. The van der Waals surface area contributed by atoms with Gasteiger partial charge in [-0.1, -0.05) is 32.9 Å². The highest BCUT2D eigenvalue weighted by molar-refractivity contribution is 7.89. The molecule has 1 N–H and O–H groups in total. The first kappa shape index (κ1) is 23.0. The fraction of sp³-hybridized carbons (Fsp3) is 0.455. The van der Waals surface area contributed by atoms with Crippen LogP contribution in [0, 0.1) is 6.92 Å². The van der Waals surface area contributed by atoms with E-state index in [1.165, 1.54) is 6.07 Å². The van der Waals surface area contributed by atoms with Crippen molar-refractivity contribution in [1.82, 2.24) is 9.62 Å². The van der Waals surface area contributed by atoms with Crippen molar-refractivity contribution in [3.05, 3.63) is 58.1 Å². The molecule has 1 aliphatic rings. The SMILES string of the molecule is Cc1cc(OC2CN(C(=O)CCNS(=O)(=O)c3ccc(C(C)(C)C)cc3)C2)cc(=O)o1. The summed E-state index contributed by atoms with van der Waals surface area (Å²) in [7, 11) is -3.68. The van der Waals surface area contributed by atoms with Crippen LogP contribution in [0.4, 0.5) is 0 Å². The summed E-state index contributed by atoms with van der Waals surface area (Å²) in [6, 6.07) is 9.65. The second kappa shape index (κ2) is 8.84. The summed E-state index contributed by atoms with van der Waals surface area (Å²) < 4.78 is 37.9. The van der Waals surface area contributed by atoms with E-state index in [0.29, 0.717) is 24.6 Å². The highest BCUT2D eigenvalue weighted by atomic mass is 32.2. The molecule has 2 heterocycles. The number of nitrogens with zero attached hydrogens (tertiary/aromatic N) is 1. The predicted molar refractivity (Wildman–Crippen MR) is 116 cm³/mol. The van der Waals surface area contributed by atoms with Gasteiger partial charge < -0.3 is 14.1 Å². The quantitative estimate of drug-likeness (QED) is 0.696. The topological polar surface area (TPSA) is 106 Å². The maximum atomic E-state index is 12.4. The van der Waals surface area contributed by atoms with Gasteiger partial charge in [-0.15, -0.1) is 0 Å². The molecule has 1 aromatic heterocycles. The van der Waals surface area contributed by atoms with Crippen molar-refractivity contribution in [3.63, 3.8) is 0 Å². The molecule has 1 saturated heterocycles. The van der Waals surface area contributed by atoms with Crippen LogP contribution in [0.2, 0.25) is 0 Å². The number of hydrogen-bond donors (Lipinski definition) is 1. The number of rotatable bonds is 7. The van der Waals surface area contributed by atoms with E-state index in [-0.39, 0.29) is 35.3 Å². The third-order valence-corrected chi connectivity index (χ3v) is 6.51. The van der Waals surface area contributed by atoms with E-state index >= 15 is 0 Å². The largest absolute Gasteiger partial charge is 0.486 e. The molecule has 3 rings (SSSR count). The summed E-state index contributed by atoms with van der Waals surface area (Å²) in [5, 5.41) is 0. The van der Waals surface area contributed by atoms with E-state index in [1.54, 1.807) is 42.2 Å². The monoisotopic (exact) mass is 448 g/mol. The average molecular weight is 449 g/mol. The van der Waals surface area contributed by atoms with Crippen LogP contribution >= 0.6 is 0 Å². The number of nitrogens with one attached hydrogen (secondary N) is 1. The Morgan fingerprint density at radius 1 is 1.19 bits per heavy atom. The van der Waals surface area contributed by atoms with Crippen molar-refractivity contribution in [2.75, 3.05) is 19.6 Å². The summed E-state index contributed by atoms with van der Waals surface area (Å²) in [6.07, 6.45) is -0.150. The van der Waals surface area contributed by atoms with Crippen LogP contribution in [0.1, 0.15) is 38.5 Å². The van der Waals surface area contributed by atoms with Gasteiger partial charge in [0.05, 0.1) is 24.1 Å². The van der Waals surface area contributed by atoms with Crippen LogP contribution < -0.4 is 15.1 Å². The fourth-order valence-corrected chi connectivity index (χ4v) is 4.25. The molecule has 9 heteroatoms. The van der Waals surface area contributed by atoms with Crippen LogP contribution in [0.15, 0.2) is 50.5 Å². The summed E-state index contributed by atoms with van der Waals surface area (Å²) in [4.78, 5) is 25.4. The Morgan fingerprint density at radius 3 is 2.42 bits per heavy atom. The molecule has 0 aliphatic carbocycles. The second-order valence-electron chi connectivity index (χ2n) is 8.68. The van der Waals surface area contributed by atoms with E-state index in [9.17, 15) is 18.0 Å².